The van der Waals surface area contributed by atoms with Crippen molar-refractivity contribution in [3.05, 3.63) is 0 Å². The quantitative estimate of drug-likeness (QED) is 0.510. The molecule has 0 heterocycles. The molecule has 1 atom stereocenters. The summed E-state index contributed by atoms with van der Waals surface area (Å²) in [6, 6.07) is 0.798. The van der Waals surface area contributed by atoms with Crippen molar-refractivity contribution >= 4 is 0 Å². The highest BCUT2D eigenvalue weighted by atomic mass is 14.9. The Morgan fingerprint density at radius 2 is 1.69 bits per heavy atom. The summed E-state index contributed by atoms with van der Waals surface area (Å²) in [6.45, 7) is 2.29. The summed E-state index contributed by atoms with van der Waals surface area (Å²) in [5, 5.41) is 3.49. The number of hydrogen-bond acceptors (Lipinski definition) is 1. The monoisotopic (exact) mass is 225 g/mol. The van der Waals surface area contributed by atoms with Crippen molar-refractivity contribution in [3.8, 4) is 0 Å². The van der Waals surface area contributed by atoms with Crippen LogP contribution >= 0.6 is 0 Å². The second-order valence-electron chi connectivity index (χ2n) is 5.56. The van der Waals surface area contributed by atoms with E-state index in [9.17, 15) is 0 Å². The van der Waals surface area contributed by atoms with Crippen LogP contribution in [0, 0.1) is 5.92 Å². The molecule has 1 heteroatoms. The van der Waals surface area contributed by atoms with E-state index in [0.717, 1.165) is 12.0 Å². The summed E-state index contributed by atoms with van der Waals surface area (Å²) in [5.41, 5.74) is 0. The molecule has 1 rings (SSSR count). The molecule has 0 aromatic rings. The molecule has 1 unspecified atom stereocenters. The van der Waals surface area contributed by atoms with Crippen LogP contribution in [0.4, 0.5) is 0 Å². The zero-order valence-electron chi connectivity index (χ0n) is 11.4. The minimum absolute atomic E-state index is 0.798. The van der Waals surface area contributed by atoms with Gasteiger partial charge in [-0.05, 0) is 32.2 Å². The molecule has 0 aliphatic heterocycles. The standard InChI is InChI=1S/C15H31N/c1-3-4-5-6-7-8-9-15(16-2)13-12-14-10-11-14/h14-16H,3-13H2,1-2H3. The van der Waals surface area contributed by atoms with Crippen LogP contribution in [0.1, 0.15) is 77.6 Å². The molecule has 0 saturated heterocycles. The Morgan fingerprint density at radius 1 is 1.00 bits per heavy atom. The average Bonchev–Trinajstić information content (AvgIpc) is 3.11. The van der Waals surface area contributed by atoms with E-state index >= 15 is 0 Å². The summed E-state index contributed by atoms with van der Waals surface area (Å²) in [5.74, 6) is 1.10. The Hall–Kier alpha value is -0.0400. The van der Waals surface area contributed by atoms with E-state index in [-0.39, 0.29) is 0 Å². The Kier molecular flexibility index (Phi) is 7.92. The second kappa shape index (κ2) is 9.04. The molecular formula is C15H31N. The van der Waals surface area contributed by atoms with Crippen LogP contribution in [0.5, 0.6) is 0 Å². The number of nitrogens with one attached hydrogen (secondary N) is 1. The number of unbranched alkanes of at least 4 members (excludes halogenated alkanes) is 5. The number of rotatable bonds is 11. The van der Waals surface area contributed by atoms with E-state index < -0.39 is 0 Å². The highest BCUT2D eigenvalue weighted by molar-refractivity contribution is 4.76. The molecule has 1 nitrogen and oxygen atoms in total. The molecule has 0 amide bonds. The molecular weight excluding hydrogens is 194 g/mol. The van der Waals surface area contributed by atoms with Crippen LogP contribution in [0.3, 0.4) is 0 Å². The second-order valence-corrected chi connectivity index (χ2v) is 5.56. The predicted octanol–water partition coefficient (Wildman–Crippen LogP) is 4.52. The van der Waals surface area contributed by atoms with E-state index in [1.54, 1.807) is 0 Å². The lowest BCUT2D eigenvalue weighted by Crippen LogP contribution is -2.25. The summed E-state index contributed by atoms with van der Waals surface area (Å²) in [4.78, 5) is 0. The van der Waals surface area contributed by atoms with Crippen LogP contribution in [-0.2, 0) is 0 Å². The lowest BCUT2D eigenvalue weighted by atomic mass is 10.0. The highest BCUT2D eigenvalue weighted by Gasteiger charge is 2.21. The molecule has 0 radical (unpaired) electrons. The first-order valence-corrected chi connectivity index (χ1v) is 7.54. The fourth-order valence-corrected chi connectivity index (χ4v) is 2.45. The Morgan fingerprint density at radius 3 is 2.31 bits per heavy atom. The molecule has 1 aliphatic rings. The SMILES string of the molecule is CCCCCCCCC(CCC1CC1)NC. The minimum atomic E-state index is 0.798. The highest BCUT2D eigenvalue weighted by Crippen LogP contribution is 2.34. The van der Waals surface area contributed by atoms with Crippen LogP contribution in [-0.4, -0.2) is 13.1 Å². The van der Waals surface area contributed by atoms with E-state index in [2.05, 4.69) is 19.3 Å². The van der Waals surface area contributed by atoms with Crippen molar-refractivity contribution in [2.45, 2.75) is 83.6 Å². The summed E-state index contributed by atoms with van der Waals surface area (Å²) in [7, 11) is 2.13. The summed E-state index contributed by atoms with van der Waals surface area (Å²) in [6.07, 6.45) is 15.9. The van der Waals surface area contributed by atoms with Gasteiger partial charge in [-0.2, -0.15) is 0 Å². The summed E-state index contributed by atoms with van der Waals surface area (Å²) < 4.78 is 0. The van der Waals surface area contributed by atoms with Crippen molar-refractivity contribution in [3.63, 3.8) is 0 Å². The Labute approximate surface area is 102 Å². The molecule has 0 aromatic heterocycles. The topological polar surface area (TPSA) is 12.0 Å². The van der Waals surface area contributed by atoms with Crippen LogP contribution in [0.25, 0.3) is 0 Å². The van der Waals surface area contributed by atoms with Gasteiger partial charge < -0.3 is 5.32 Å². The maximum Gasteiger partial charge on any atom is 0.00641 e. The van der Waals surface area contributed by atoms with Gasteiger partial charge >= 0.3 is 0 Å². The van der Waals surface area contributed by atoms with Gasteiger partial charge in [0.25, 0.3) is 0 Å². The van der Waals surface area contributed by atoms with Crippen molar-refractivity contribution in [1.82, 2.24) is 5.32 Å². The maximum absolute atomic E-state index is 3.49. The van der Waals surface area contributed by atoms with Gasteiger partial charge in [0.2, 0.25) is 0 Å². The lowest BCUT2D eigenvalue weighted by Gasteiger charge is -2.15. The third kappa shape index (κ3) is 7.27. The predicted molar refractivity (Wildman–Crippen MR) is 72.8 cm³/mol. The smallest absolute Gasteiger partial charge is 0.00641 e. The van der Waals surface area contributed by atoms with Crippen LogP contribution in [0.15, 0.2) is 0 Å². The van der Waals surface area contributed by atoms with E-state index in [0.29, 0.717) is 0 Å². The Bertz CT molecular complexity index is 152. The zero-order valence-corrected chi connectivity index (χ0v) is 11.4. The van der Waals surface area contributed by atoms with E-state index in [1.165, 1.54) is 70.6 Å². The third-order valence-corrected chi connectivity index (χ3v) is 3.93. The molecule has 1 N–H and O–H groups in total. The lowest BCUT2D eigenvalue weighted by molar-refractivity contribution is 0.437. The first-order valence-electron chi connectivity index (χ1n) is 7.54. The van der Waals surface area contributed by atoms with Crippen molar-refractivity contribution in [2.75, 3.05) is 7.05 Å². The number of hydrogen-bond donors (Lipinski definition) is 1. The largest absolute Gasteiger partial charge is 0.317 e. The minimum Gasteiger partial charge on any atom is -0.317 e. The van der Waals surface area contributed by atoms with Gasteiger partial charge in [-0.1, -0.05) is 58.3 Å². The van der Waals surface area contributed by atoms with Crippen LogP contribution < -0.4 is 5.32 Å². The van der Waals surface area contributed by atoms with E-state index in [1.807, 2.05) is 0 Å². The molecule has 0 aromatic carbocycles. The first kappa shape index (κ1) is 14.0. The molecule has 96 valence electrons. The van der Waals surface area contributed by atoms with Gasteiger partial charge in [0.05, 0.1) is 0 Å². The van der Waals surface area contributed by atoms with Crippen LogP contribution in [0.2, 0.25) is 0 Å². The molecule has 1 saturated carbocycles. The fourth-order valence-electron chi connectivity index (χ4n) is 2.45. The molecule has 16 heavy (non-hydrogen) atoms. The van der Waals surface area contributed by atoms with Gasteiger partial charge in [0.15, 0.2) is 0 Å². The van der Waals surface area contributed by atoms with Gasteiger partial charge in [-0.25, -0.2) is 0 Å². The average molecular weight is 225 g/mol. The van der Waals surface area contributed by atoms with Crippen molar-refractivity contribution < 1.29 is 0 Å². The Balaban J connectivity index is 1.87. The molecule has 1 fully saturated rings. The maximum atomic E-state index is 3.49. The normalized spacial score (nSPS) is 17.6. The van der Waals surface area contributed by atoms with E-state index in [4.69, 9.17) is 0 Å². The van der Waals surface area contributed by atoms with Gasteiger partial charge in [0.1, 0.15) is 0 Å². The van der Waals surface area contributed by atoms with Gasteiger partial charge in [-0.15, -0.1) is 0 Å². The third-order valence-electron chi connectivity index (χ3n) is 3.93. The molecule has 0 bridgehead atoms. The molecule has 0 spiro atoms. The van der Waals surface area contributed by atoms with Gasteiger partial charge in [-0.3, -0.25) is 0 Å². The molecule has 1 aliphatic carbocycles. The van der Waals surface area contributed by atoms with Gasteiger partial charge in [0, 0.05) is 6.04 Å². The van der Waals surface area contributed by atoms with Crippen molar-refractivity contribution in [2.24, 2.45) is 5.92 Å². The zero-order chi connectivity index (χ0) is 11.6. The fraction of sp³-hybridized carbons (Fsp3) is 1.00. The van der Waals surface area contributed by atoms with Crippen molar-refractivity contribution in [1.29, 1.82) is 0 Å². The first-order chi connectivity index (χ1) is 7.86. The summed E-state index contributed by atoms with van der Waals surface area (Å²) >= 11 is 0.